The molecular formula is C30H38N4O3. The summed E-state index contributed by atoms with van der Waals surface area (Å²) in [5.41, 5.74) is 8.96. The lowest BCUT2D eigenvalue weighted by Gasteiger charge is -2.40. The topological polar surface area (TPSA) is 98.9 Å². The normalized spacial score (nSPS) is 18.0. The number of hydrogen-bond acceptors (Lipinski definition) is 6. The van der Waals surface area contributed by atoms with Crippen molar-refractivity contribution in [3.05, 3.63) is 70.8 Å². The van der Waals surface area contributed by atoms with E-state index >= 15 is 0 Å². The molecule has 0 saturated carbocycles. The SMILES string of the molecule is NC[C@H](NC(=O)c1ccc(C#Cc2ccc(CN3CCC(N4CCCCC4)CC3)cc2)cc1)C(=O)CO. The molecule has 2 heterocycles. The minimum atomic E-state index is -0.897. The first-order chi connectivity index (χ1) is 18.1. The Kier molecular flexibility index (Phi) is 9.86. The van der Waals surface area contributed by atoms with Gasteiger partial charge in [-0.2, -0.15) is 0 Å². The van der Waals surface area contributed by atoms with E-state index in [2.05, 4.69) is 51.2 Å². The second-order valence-electron chi connectivity index (χ2n) is 10.0. The Bertz CT molecular complexity index is 1090. The van der Waals surface area contributed by atoms with Gasteiger partial charge < -0.3 is 21.1 Å². The number of nitrogens with one attached hydrogen (secondary N) is 1. The number of aliphatic hydroxyl groups is 1. The Labute approximate surface area is 220 Å². The van der Waals surface area contributed by atoms with Gasteiger partial charge in [-0.25, -0.2) is 0 Å². The number of rotatable bonds is 8. The van der Waals surface area contributed by atoms with Crippen molar-refractivity contribution < 1.29 is 14.7 Å². The van der Waals surface area contributed by atoms with Gasteiger partial charge in [0.15, 0.2) is 5.78 Å². The number of carbonyl (C=O) groups excluding carboxylic acids is 2. The van der Waals surface area contributed by atoms with E-state index in [9.17, 15) is 9.59 Å². The highest BCUT2D eigenvalue weighted by atomic mass is 16.3. The highest BCUT2D eigenvalue weighted by Crippen LogP contribution is 2.22. The molecule has 2 aliphatic heterocycles. The number of Topliss-reactive ketones (excluding diaryl/α,β-unsaturated/α-hetero) is 1. The largest absolute Gasteiger partial charge is 0.388 e. The van der Waals surface area contributed by atoms with Crippen LogP contribution in [0.15, 0.2) is 48.5 Å². The molecule has 0 spiro atoms. The average molecular weight is 503 g/mol. The van der Waals surface area contributed by atoms with Crippen LogP contribution in [-0.2, 0) is 11.3 Å². The van der Waals surface area contributed by atoms with Gasteiger partial charge in [0.1, 0.15) is 12.6 Å². The van der Waals surface area contributed by atoms with Crippen molar-refractivity contribution >= 4 is 11.7 Å². The van der Waals surface area contributed by atoms with Crippen LogP contribution in [0.2, 0.25) is 0 Å². The summed E-state index contributed by atoms with van der Waals surface area (Å²) in [5, 5.41) is 11.5. The molecule has 37 heavy (non-hydrogen) atoms. The fourth-order valence-corrected chi connectivity index (χ4v) is 5.15. The predicted octanol–water partition coefficient (Wildman–Crippen LogP) is 2.16. The summed E-state index contributed by atoms with van der Waals surface area (Å²) in [6, 6.07) is 15.2. The quantitative estimate of drug-likeness (QED) is 0.479. The average Bonchev–Trinajstić information content (AvgIpc) is 2.96. The van der Waals surface area contributed by atoms with Crippen LogP contribution in [0.4, 0.5) is 0 Å². The molecule has 1 amide bonds. The molecule has 2 fully saturated rings. The molecule has 7 heteroatoms. The fraction of sp³-hybridized carbons (Fsp3) is 0.467. The second-order valence-corrected chi connectivity index (χ2v) is 10.0. The number of nitrogens with two attached hydrogens (primary N) is 1. The molecule has 0 aromatic heterocycles. The monoisotopic (exact) mass is 502 g/mol. The van der Waals surface area contributed by atoms with E-state index in [1.165, 1.54) is 63.8 Å². The minimum Gasteiger partial charge on any atom is -0.388 e. The molecule has 1 atom stereocenters. The fourth-order valence-electron chi connectivity index (χ4n) is 5.15. The third-order valence-electron chi connectivity index (χ3n) is 7.41. The van der Waals surface area contributed by atoms with E-state index in [1.54, 1.807) is 24.3 Å². The maximum absolute atomic E-state index is 12.3. The number of aliphatic hydroxyl groups excluding tert-OH is 1. The van der Waals surface area contributed by atoms with E-state index < -0.39 is 24.3 Å². The highest BCUT2D eigenvalue weighted by molar-refractivity contribution is 5.98. The van der Waals surface area contributed by atoms with E-state index in [4.69, 9.17) is 10.8 Å². The standard InChI is InChI=1S/C30H38N4O3/c31-20-28(29(36)22-35)32-30(37)26-12-10-24(11-13-26)5-4-23-6-8-25(9-7-23)21-33-18-14-27(15-19-33)34-16-2-1-3-17-34/h6-13,27-28,35H,1-3,14-22,31H2,(H,32,37)/t28-/m0/s1. The highest BCUT2D eigenvalue weighted by Gasteiger charge is 2.25. The summed E-state index contributed by atoms with van der Waals surface area (Å²) in [7, 11) is 0. The summed E-state index contributed by atoms with van der Waals surface area (Å²) in [6.07, 6.45) is 6.68. The van der Waals surface area contributed by atoms with Crippen molar-refractivity contribution in [2.75, 3.05) is 39.3 Å². The number of ketones is 1. The Balaban J connectivity index is 1.26. The van der Waals surface area contributed by atoms with Crippen LogP contribution in [0.3, 0.4) is 0 Å². The van der Waals surface area contributed by atoms with Crippen molar-refractivity contribution in [2.24, 2.45) is 5.73 Å². The zero-order chi connectivity index (χ0) is 26.0. The van der Waals surface area contributed by atoms with Crippen LogP contribution in [-0.4, -0.2) is 78.0 Å². The van der Waals surface area contributed by atoms with Gasteiger partial charge in [-0.05, 0) is 93.8 Å². The lowest BCUT2D eigenvalue weighted by molar-refractivity contribution is -0.123. The van der Waals surface area contributed by atoms with Gasteiger partial charge in [-0.15, -0.1) is 0 Å². The first-order valence-corrected chi connectivity index (χ1v) is 13.4. The number of nitrogens with zero attached hydrogens (tertiary/aromatic N) is 2. The molecule has 2 aromatic rings. The lowest BCUT2D eigenvalue weighted by Crippen LogP contribution is -2.46. The summed E-state index contributed by atoms with van der Waals surface area (Å²) in [5.74, 6) is 5.40. The summed E-state index contributed by atoms with van der Waals surface area (Å²) < 4.78 is 0. The van der Waals surface area contributed by atoms with E-state index in [-0.39, 0.29) is 6.54 Å². The molecule has 0 unspecified atom stereocenters. The maximum atomic E-state index is 12.3. The first kappa shape index (κ1) is 27.0. The molecular weight excluding hydrogens is 464 g/mol. The van der Waals surface area contributed by atoms with Gasteiger partial charge in [0, 0.05) is 35.8 Å². The summed E-state index contributed by atoms with van der Waals surface area (Å²) >= 11 is 0. The number of carbonyl (C=O) groups is 2. The molecule has 7 nitrogen and oxygen atoms in total. The first-order valence-electron chi connectivity index (χ1n) is 13.4. The van der Waals surface area contributed by atoms with Crippen molar-refractivity contribution in [2.45, 2.75) is 50.7 Å². The molecule has 4 rings (SSSR count). The van der Waals surface area contributed by atoms with Crippen molar-refractivity contribution in [1.82, 2.24) is 15.1 Å². The molecule has 0 aliphatic carbocycles. The number of amides is 1. The van der Waals surface area contributed by atoms with Crippen LogP contribution in [0.5, 0.6) is 0 Å². The Morgan fingerprint density at radius 1 is 0.919 bits per heavy atom. The van der Waals surface area contributed by atoms with E-state index in [0.29, 0.717) is 5.56 Å². The molecule has 2 saturated heterocycles. The number of hydrogen-bond donors (Lipinski definition) is 3. The Hall–Kier alpha value is -3.02. The maximum Gasteiger partial charge on any atom is 0.251 e. The number of piperidine rings is 2. The molecule has 0 bridgehead atoms. The lowest BCUT2D eigenvalue weighted by atomic mass is 9.99. The van der Waals surface area contributed by atoms with Crippen molar-refractivity contribution in [3.63, 3.8) is 0 Å². The van der Waals surface area contributed by atoms with Gasteiger partial charge in [0.2, 0.25) is 0 Å². The van der Waals surface area contributed by atoms with Crippen molar-refractivity contribution in [1.29, 1.82) is 0 Å². The smallest absolute Gasteiger partial charge is 0.251 e. The zero-order valence-electron chi connectivity index (χ0n) is 21.5. The van der Waals surface area contributed by atoms with Crippen LogP contribution in [0, 0.1) is 11.8 Å². The zero-order valence-corrected chi connectivity index (χ0v) is 21.5. The summed E-state index contributed by atoms with van der Waals surface area (Å²) in [4.78, 5) is 29.2. The van der Waals surface area contributed by atoms with Gasteiger partial charge in [0.25, 0.3) is 5.91 Å². The Morgan fingerprint density at radius 3 is 2.08 bits per heavy atom. The van der Waals surface area contributed by atoms with Crippen LogP contribution in [0.1, 0.15) is 59.2 Å². The van der Waals surface area contributed by atoms with Gasteiger partial charge in [-0.3, -0.25) is 14.5 Å². The molecule has 2 aliphatic rings. The van der Waals surface area contributed by atoms with Crippen LogP contribution in [0.25, 0.3) is 0 Å². The molecule has 0 radical (unpaired) electrons. The second kappa shape index (κ2) is 13.5. The summed E-state index contributed by atoms with van der Waals surface area (Å²) in [6.45, 7) is 5.17. The third-order valence-corrected chi connectivity index (χ3v) is 7.41. The Morgan fingerprint density at radius 2 is 1.51 bits per heavy atom. The van der Waals surface area contributed by atoms with Gasteiger partial charge in [-0.1, -0.05) is 30.4 Å². The molecule has 4 N–H and O–H groups in total. The van der Waals surface area contributed by atoms with E-state index in [0.717, 1.165) is 23.7 Å². The van der Waals surface area contributed by atoms with Crippen LogP contribution < -0.4 is 11.1 Å². The van der Waals surface area contributed by atoms with Crippen LogP contribution >= 0.6 is 0 Å². The van der Waals surface area contributed by atoms with Gasteiger partial charge in [0.05, 0.1) is 0 Å². The third kappa shape index (κ3) is 7.73. The van der Waals surface area contributed by atoms with Gasteiger partial charge >= 0.3 is 0 Å². The number of benzene rings is 2. The number of likely N-dealkylation sites (tertiary alicyclic amines) is 2. The van der Waals surface area contributed by atoms with E-state index in [1.807, 2.05) is 0 Å². The molecule has 2 aromatic carbocycles. The molecule has 196 valence electrons. The van der Waals surface area contributed by atoms with Crippen molar-refractivity contribution in [3.8, 4) is 11.8 Å². The predicted molar refractivity (Wildman–Crippen MR) is 145 cm³/mol. The minimum absolute atomic E-state index is 0.0648.